The normalized spacial score (nSPS) is 9.53. The van der Waals surface area contributed by atoms with Gasteiger partial charge in [-0.05, 0) is 24.3 Å². The first-order chi connectivity index (χ1) is 6.22. The number of allylic oxidation sites excluding steroid dienone is 1. The Labute approximate surface area is 109 Å². The zero-order valence-electron chi connectivity index (χ0n) is 8.20. The molecule has 0 bridgehead atoms. The third kappa shape index (κ3) is 6.24. The molecule has 76 valence electrons. The van der Waals surface area contributed by atoms with Crippen LogP contribution in [0.3, 0.4) is 0 Å². The third-order valence-electron chi connectivity index (χ3n) is 1.36. The van der Waals surface area contributed by atoms with Gasteiger partial charge in [0, 0.05) is 12.0 Å². The smallest absolute Gasteiger partial charge is 0.870 e. The van der Waals surface area contributed by atoms with Crippen LogP contribution < -0.4 is 40.6 Å². The van der Waals surface area contributed by atoms with Crippen molar-refractivity contribution in [2.24, 2.45) is 5.73 Å². The monoisotopic (exact) mass is 219 g/mol. The van der Waals surface area contributed by atoms with Crippen LogP contribution in [-0.2, 0) is 4.79 Å². The van der Waals surface area contributed by atoms with Gasteiger partial charge in [-0.2, -0.15) is 0 Å². The summed E-state index contributed by atoms with van der Waals surface area (Å²) in [5.74, 6) is -0.315. The first-order valence-corrected chi connectivity index (χ1v) is 3.58. The molecular formula is C9H9FN2NaO2-. The van der Waals surface area contributed by atoms with Gasteiger partial charge in [-0.1, -0.05) is 5.70 Å². The number of rotatable bonds is 3. The molecule has 0 unspecified atom stereocenters. The van der Waals surface area contributed by atoms with Crippen molar-refractivity contribution in [3.63, 3.8) is 0 Å². The van der Waals surface area contributed by atoms with Gasteiger partial charge in [0.15, 0.2) is 0 Å². The van der Waals surface area contributed by atoms with Crippen LogP contribution in [0.5, 0.6) is 0 Å². The van der Waals surface area contributed by atoms with Crippen LogP contribution in [0.1, 0.15) is 0 Å². The Kier molecular flexibility index (Phi) is 9.30. The summed E-state index contributed by atoms with van der Waals surface area (Å²) in [6.45, 7) is 0. The average molecular weight is 219 g/mol. The maximum atomic E-state index is 12.4. The summed E-state index contributed by atoms with van der Waals surface area (Å²) in [5.41, 5.74) is 5.77. The minimum Gasteiger partial charge on any atom is -0.870 e. The molecule has 0 aromatic heterocycles. The summed E-state index contributed by atoms with van der Waals surface area (Å²) in [6.07, 6.45) is 2.79. The molecule has 15 heavy (non-hydrogen) atoms. The van der Waals surface area contributed by atoms with Gasteiger partial charge in [0.2, 0.25) is 0 Å². The maximum Gasteiger partial charge on any atom is 1.00 e. The van der Waals surface area contributed by atoms with Crippen molar-refractivity contribution >= 4 is 12.0 Å². The second-order valence-electron chi connectivity index (χ2n) is 2.35. The summed E-state index contributed by atoms with van der Waals surface area (Å²) in [5, 5.41) is 2.71. The van der Waals surface area contributed by atoms with Gasteiger partial charge in [-0.25, -0.2) is 4.39 Å². The quantitative estimate of drug-likeness (QED) is 0.349. The zero-order valence-corrected chi connectivity index (χ0v) is 10.2. The van der Waals surface area contributed by atoms with E-state index in [2.05, 4.69) is 5.32 Å². The van der Waals surface area contributed by atoms with Crippen LogP contribution in [0.2, 0.25) is 0 Å². The molecule has 0 saturated heterocycles. The molecule has 1 rings (SSSR count). The molecule has 0 saturated carbocycles. The largest absolute Gasteiger partial charge is 1.00 e. The van der Waals surface area contributed by atoms with E-state index in [1.54, 1.807) is 0 Å². The summed E-state index contributed by atoms with van der Waals surface area (Å²) in [6, 6.07) is 5.67. The maximum absolute atomic E-state index is 12.4. The molecule has 0 heterocycles. The number of hydrogen-bond acceptors (Lipinski definition) is 4. The molecule has 4 nitrogen and oxygen atoms in total. The minimum absolute atomic E-state index is 0. The van der Waals surface area contributed by atoms with Crippen molar-refractivity contribution < 1.29 is 44.2 Å². The Hall–Kier alpha value is -0.880. The van der Waals surface area contributed by atoms with Crippen LogP contribution in [-0.4, -0.2) is 11.8 Å². The summed E-state index contributed by atoms with van der Waals surface area (Å²) in [7, 11) is 0. The number of halogens is 1. The second-order valence-corrected chi connectivity index (χ2v) is 2.35. The van der Waals surface area contributed by atoms with Gasteiger partial charge in [-0.15, -0.1) is 6.20 Å². The molecule has 4 N–H and O–H groups in total. The van der Waals surface area contributed by atoms with Gasteiger partial charge in [0.25, 0.3) is 0 Å². The van der Waals surface area contributed by atoms with Crippen molar-refractivity contribution in [1.82, 2.24) is 0 Å². The van der Waals surface area contributed by atoms with E-state index in [4.69, 9.17) is 5.73 Å². The van der Waals surface area contributed by atoms with E-state index in [1.165, 1.54) is 36.8 Å². The fourth-order valence-corrected chi connectivity index (χ4v) is 0.737. The molecule has 1 aromatic rings. The number of hydrogen-bond donors (Lipinski definition) is 2. The molecule has 0 amide bonds. The summed E-state index contributed by atoms with van der Waals surface area (Å²) in [4.78, 5) is 9.96. The number of carbonyl (C=O) groups excluding carboxylic acids is 1. The van der Waals surface area contributed by atoms with E-state index in [-0.39, 0.29) is 46.5 Å². The molecule has 0 aliphatic carbocycles. The van der Waals surface area contributed by atoms with Crippen LogP contribution in [0.25, 0.3) is 0 Å². The van der Waals surface area contributed by atoms with E-state index in [0.717, 1.165) is 0 Å². The van der Waals surface area contributed by atoms with Crippen molar-refractivity contribution in [1.29, 1.82) is 0 Å². The van der Waals surface area contributed by atoms with Crippen molar-refractivity contribution in [3.8, 4) is 0 Å². The van der Waals surface area contributed by atoms with E-state index in [0.29, 0.717) is 5.69 Å². The van der Waals surface area contributed by atoms with Crippen LogP contribution in [0.4, 0.5) is 10.1 Å². The first kappa shape index (κ1) is 16.5. The molecule has 0 aliphatic rings. The Morgan fingerprint density at radius 1 is 1.40 bits per heavy atom. The Balaban J connectivity index is 0. The van der Waals surface area contributed by atoms with Gasteiger partial charge in [0.05, 0.1) is 0 Å². The van der Waals surface area contributed by atoms with E-state index < -0.39 is 0 Å². The van der Waals surface area contributed by atoms with Gasteiger partial charge in [-0.3, -0.25) is 0 Å². The molecule has 6 heteroatoms. The number of anilines is 1. The van der Waals surface area contributed by atoms with E-state index >= 15 is 0 Å². The predicted molar refractivity (Wildman–Crippen MR) is 49.9 cm³/mol. The predicted octanol–water partition coefficient (Wildman–Crippen LogP) is -2.03. The molecule has 0 aliphatic heterocycles. The third-order valence-corrected chi connectivity index (χ3v) is 1.36. The molecule has 0 fully saturated rings. The second kappa shape index (κ2) is 8.43. The fraction of sp³-hybridized carbons (Fsp3) is 0. The van der Waals surface area contributed by atoms with Gasteiger partial charge >= 0.3 is 29.6 Å². The molecule has 0 radical (unpaired) electrons. The van der Waals surface area contributed by atoms with Crippen LogP contribution >= 0.6 is 0 Å². The Morgan fingerprint density at radius 2 is 1.93 bits per heavy atom. The Morgan fingerprint density at radius 3 is 2.40 bits per heavy atom. The molecule has 0 spiro atoms. The van der Waals surface area contributed by atoms with Gasteiger partial charge < -0.3 is 21.3 Å². The summed E-state index contributed by atoms with van der Waals surface area (Å²) < 4.78 is 12.4. The van der Waals surface area contributed by atoms with Crippen LogP contribution in [0.15, 0.2) is 36.2 Å². The van der Waals surface area contributed by atoms with Crippen molar-refractivity contribution in [2.75, 3.05) is 5.32 Å². The molecule has 0 atom stereocenters. The average Bonchev–Trinajstić information content (AvgIpc) is 2.16. The number of nitrogens with one attached hydrogen (secondary N) is 1. The molecule has 1 aromatic carbocycles. The zero-order chi connectivity index (χ0) is 9.68. The topological polar surface area (TPSA) is 85.1 Å². The van der Waals surface area contributed by atoms with Crippen molar-refractivity contribution in [3.05, 3.63) is 42.0 Å². The molecular weight excluding hydrogens is 210 g/mol. The van der Waals surface area contributed by atoms with Crippen molar-refractivity contribution in [2.45, 2.75) is 0 Å². The number of nitrogens with two attached hydrogens (primary N) is 1. The minimum atomic E-state index is -0.315. The van der Waals surface area contributed by atoms with E-state index in [9.17, 15) is 9.18 Å². The summed E-state index contributed by atoms with van der Waals surface area (Å²) >= 11 is 0. The standard InChI is InChI=1S/C9H8FN2O.Na.H2O/c10-7-1-3-9(4-2-7)12-5-8(11)6-13;;/h1-5,12H,11H2;;1H2/q-1;+1;/p-1/b8-5-;;. The van der Waals surface area contributed by atoms with Gasteiger partial charge in [0.1, 0.15) is 5.82 Å². The Bertz CT molecular complexity index is 327. The number of benzene rings is 1. The SMILES string of the molecule is N/C([C-]=O)=C\Nc1ccc(F)cc1.[Na+].[OH-]. The van der Waals surface area contributed by atoms with E-state index in [1.807, 2.05) is 0 Å². The van der Waals surface area contributed by atoms with Crippen LogP contribution in [0, 0.1) is 5.82 Å². The fourth-order valence-electron chi connectivity index (χ4n) is 0.737. The first-order valence-electron chi connectivity index (χ1n) is 3.58.